The minimum Gasteiger partial charge on any atom is -0.151 e. The lowest BCUT2D eigenvalue weighted by Crippen LogP contribution is -2.22. The van der Waals surface area contributed by atoms with Gasteiger partial charge in [-0.3, -0.25) is 0 Å². The Morgan fingerprint density at radius 2 is 1.89 bits per heavy atom. The molecule has 0 saturated heterocycles. The number of thiophene rings is 1. The standard InChI is InChI=1S/C18H18S/c1-2-6-13(7-3-1)18-16-9-5-4-8-14(16)10-15-11-19-12-17(15)18/h1-3,6-7,10-12,16,18H,4-5,8-9H2. The van der Waals surface area contributed by atoms with Crippen molar-refractivity contribution >= 4 is 17.4 Å². The van der Waals surface area contributed by atoms with Crippen molar-refractivity contribution in [2.24, 2.45) is 5.92 Å². The molecule has 1 saturated carbocycles. The molecule has 1 fully saturated rings. The molecule has 0 spiro atoms. The first-order chi connectivity index (χ1) is 9.43. The molecule has 1 aromatic carbocycles. The van der Waals surface area contributed by atoms with Crippen LogP contribution in [0.15, 0.2) is 46.7 Å². The Hall–Kier alpha value is -1.34. The number of hydrogen-bond donors (Lipinski definition) is 0. The van der Waals surface area contributed by atoms with Crippen molar-refractivity contribution < 1.29 is 0 Å². The zero-order valence-corrected chi connectivity index (χ0v) is 11.8. The van der Waals surface area contributed by atoms with Crippen LogP contribution >= 0.6 is 11.3 Å². The zero-order valence-electron chi connectivity index (χ0n) is 11.0. The van der Waals surface area contributed by atoms with Crippen molar-refractivity contribution in [2.75, 3.05) is 0 Å². The maximum Gasteiger partial charge on any atom is 0.0169 e. The van der Waals surface area contributed by atoms with Gasteiger partial charge < -0.3 is 0 Å². The van der Waals surface area contributed by atoms with E-state index < -0.39 is 0 Å². The molecule has 0 N–H and O–H groups in total. The first kappa shape index (κ1) is 11.5. The van der Waals surface area contributed by atoms with E-state index in [1.165, 1.54) is 36.8 Å². The van der Waals surface area contributed by atoms with Gasteiger partial charge in [0.1, 0.15) is 0 Å². The van der Waals surface area contributed by atoms with Gasteiger partial charge >= 0.3 is 0 Å². The third kappa shape index (κ3) is 1.88. The third-order valence-corrected chi connectivity index (χ3v) is 5.45. The normalized spacial score (nSPS) is 25.4. The van der Waals surface area contributed by atoms with Crippen molar-refractivity contribution in [1.82, 2.24) is 0 Å². The van der Waals surface area contributed by atoms with Gasteiger partial charge in [0, 0.05) is 5.92 Å². The molecule has 1 aromatic heterocycles. The highest BCUT2D eigenvalue weighted by atomic mass is 32.1. The monoisotopic (exact) mass is 266 g/mol. The fourth-order valence-corrected chi connectivity index (χ4v) is 4.65. The van der Waals surface area contributed by atoms with Crippen LogP contribution in [-0.2, 0) is 0 Å². The average molecular weight is 266 g/mol. The summed E-state index contributed by atoms with van der Waals surface area (Å²) in [5, 5.41) is 4.69. The van der Waals surface area contributed by atoms with E-state index in [0.29, 0.717) is 5.92 Å². The molecule has 0 bridgehead atoms. The zero-order chi connectivity index (χ0) is 12.7. The van der Waals surface area contributed by atoms with Crippen molar-refractivity contribution in [3.8, 4) is 0 Å². The van der Waals surface area contributed by atoms with Crippen LogP contribution in [0.2, 0.25) is 0 Å². The van der Waals surface area contributed by atoms with Gasteiger partial charge in [0.15, 0.2) is 0 Å². The molecule has 0 aliphatic heterocycles. The first-order valence-corrected chi connectivity index (χ1v) is 8.19. The fourth-order valence-electron chi connectivity index (χ4n) is 3.80. The van der Waals surface area contributed by atoms with Gasteiger partial charge in [-0.05, 0) is 52.6 Å². The molecular weight excluding hydrogens is 248 g/mol. The van der Waals surface area contributed by atoms with E-state index in [1.807, 2.05) is 11.3 Å². The molecule has 96 valence electrons. The summed E-state index contributed by atoms with van der Waals surface area (Å²) in [5.74, 6) is 1.35. The van der Waals surface area contributed by atoms with Gasteiger partial charge in [0.05, 0.1) is 0 Å². The van der Waals surface area contributed by atoms with Gasteiger partial charge in [-0.25, -0.2) is 0 Å². The SMILES string of the molecule is C1=C2CCCCC2C(c2ccccc2)c2cscc21. The molecule has 0 amide bonds. The second kappa shape index (κ2) is 4.64. The summed E-state index contributed by atoms with van der Waals surface area (Å²) in [7, 11) is 0. The van der Waals surface area contributed by atoms with Gasteiger partial charge in [-0.1, -0.05) is 48.4 Å². The summed E-state index contributed by atoms with van der Waals surface area (Å²) in [5.41, 5.74) is 6.24. The van der Waals surface area contributed by atoms with Gasteiger partial charge in [0.25, 0.3) is 0 Å². The molecule has 2 atom stereocenters. The van der Waals surface area contributed by atoms with E-state index in [0.717, 1.165) is 5.92 Å². The van der Waals surface area contributed by atoms with E-state index in [1.54, 1.807) is 11.1 Å². The summed E-state index contributed by atoms with van der Waals surface area (Å²) in [6.45, 7) is 0. The van der Waals surface area contributed by atoms with E-state index in [-0.39, 0.29) is 0 Å². The number of rotatable bonds is 1. The highest BCUT2D eigenvalue weighted by Gasteiger charge is 2.34. The number of allylic oxidation sites excluding steroid dienone is 1. The predicted molar refractivity (Wildman–Crippen MR) is 82.5 cm³/mol. The highest BCUT2D eigenvalue weighted by molar-refractivity contribution is 7.08. The topological polar surface area (TPSA) is 0 Å². The summed E-state index contributed by atoms with van der Waals surface area (Å²) < 4.78 is 0. The number of fused-ring (bicyclic) bond motifs is 2. The molecule has 1 heteroatoms. The Morgan fingerprint density at radius 3 is 2.79 bits per heavy atom. The van der Waals surface area contributed by atoms with Crippen molar-refractivity contribution in [2.45, 2.75) is 31.6 Å². The molecule has 1 heterocycles. The average Bonchev–Trinajstić information content (AvgIpc) is 2.93. The van der Waals surface area contributed by atoms with Crippen LogP contribution in [-0.4, -0.2) is 0 Å². The molecule has 4 rings (SSSR count). The Kier molecular flexibility index (Phi) is 2.81. The fraction of sp³-hybridized carbons (Fsp3) is 0.333. The second-order valence-corrected chi connectivity index (χ2v) is 6.49. The van der Waals surface area contributed by atoms with Crippen molar-refractivity contribution in [3.63, 3.8) is 0 Å². The predicted octanol–water partition coefficient (Wildman–Crippen LogP) is 5.47. The summed E-state index contributed by atoms with van der Waals surface area (Å²) in [6.07, 6.45) is 7.92. The van der Waals surface area contributed by atoms with Gasteiger partial charge in [-0.15, -0.1) is 0 Å². The van der Waals surface area contributed by atoms with Crippen LogP contribution in [0, 0.1) is 5.92 Å². The second-order valence-electron chi connectivity index (χ2n) is 5.74. The lowest BCUT2D eigenvalue weighted by Gasteiger charge is -2.36. The van der Waals surface area contributed by atoms with Crippen LogP contribution in [0.3, 0.4) is 0 Å². The maximum atomic E-state index is 2.48. The summed E-state index contributed by atoms with van der Waals surface area (Å²) in [6, 6.07) is 11.1. The smallest absolute Gasteiger partial charge is 0.0169 e. The van der Waals surface area contributed by atoms with Crippen LogP contribution in [0.1, 0.15) is 48.3 Å². The lowest BCUT2D eigenvalue weighted by molar-refractivity contribution is 0.414. The third-order valence-electron chi connectivity index (χ3n) is 4.67. The van der Waals surface area contributed by atoms with Gasteiger partial charge in [-0.2, -0.15) is 11.3 Å². The first-order valence-electron chi connectivity index (χ1n) is 7.25. The lowest BCUT2D eigenvalue weighted by atomic mass is 9.67. The molecular formula is C18H18S. The quantitative estimate of drug-likeness (QED) is 0.642. The Bertz CT molecular complexity index is 606. The van der Waals surface area contributed by atoms with E-state index in [4.69, 9.17) is 0 Å². The van der Waals surface area contributed by atoms with Crippen LogP contribution in [0.5, 0.6) is 0 Å². The summed E-state index contributed by atoms with van der Waals surface area (Å²) >= 11 is 1.85. The van der Waals surface area contributed by atoms with Gasteiger partial charge in [0.2, 0.25) is 0 Å². The molecule has 19 heavy (non-hydrogen) atoms. The Balaban J connectivity index is 1.86. The Labute approximate surface area is 118 Å². The molecule has 0 nitrogen and oxygen atoms in total. The van der Waals surface area contributed by atoms with Crippen LogP contribution < -0.4 is 0 Å². The highest BCUT2D eigenvalue weighted by Crippen LogP contribution is 2.49. The molecule has 2 unspecified atom stereocenters. The Morgan fingerprint density at radius 1 is 1.00 bits per heavy atom. The molecule has 2 aliphatic carbocycles. The molecule has 0 radical (unpaired) electrons. The van der Waals surface area contributed by atoms with Crippen LogP contribution in [0.25, 0.3) is 6.08 Å². The molecule has 2 aliphatic rings. The largest absolute Gasteiger partial charge is 0.151 e. The van der Waals surface area contributed by atoms with E-state index >= 15 is 0 Å². The van der Waals surface area contributed by atoms with Crippen molar-refractivity contribution in [1.29, 1.82) is 0 Å². The van der Waals surface area contributed by atoms with E-state index in [2.05, 4.69) is 47.2 Å². The maximum absolute atomic E-state index is 2.48. The molecule has 2 aromatic rings. The minimum absolute atomic E-state index is 0.600. The number of hydrogen-bond acceptors (Lipinski definition) is 1. The van der Waals surface area contributed by atoms with Crippen LogP contribution in [0.4, 0.5) is 0 Å². The summed E-state index contributed by atoms with van der Waals surface area (Å²) in [4.78, 5) is 0. The number of benzene rings is 1. The minimum atomic E-state index is 0.600. The van der Waals surface area contributed by atoms with Crippen molar-refractivity contribution in [3.05, 3.63) is 63.4 Å². The van der Waals surface area contributed by atoms with E-state index in [9.17, 15) is 0 Å².